The molecule has 112 valence electrons. The van der Waals surface area contributed by atoms with Crippen molar-refractivity contribution >= 4 is 5.78 Å². The molecule has 0 radical (unpaired) electrons. The highest BCUT2D eigenvalue weighted by Gasteiger charge is 2.27. The molecule has 1 unspecified atom stereocenters. The second-order valence-corrected chi connectivity index (χ2v) is 5.27. The van der Waals surface area contributed by atoms with Gasteiger partial charge < -0.3 is 4.74 Å². The molecule has 1 atom stereocenters. The summed E-state index contributed by atoms with van der Waals surface area (Å²) >= 11 is 0. The molecule has 0 aromatic heterocycles. The minimum Gasteiger partial charge on any atom is -0.373 e. The smallest absolute Gasteiger partial charge is 0.373 e. The molecule has 0 saturated carbocycles. The Bertz CT molecular complexity index is 260. The lowest BCUT2D eigenvalue weighted by Gasteiger charge is -2.05. The fourth-order valence-electron chi connectivity index (χ4n) is 2.04. The fraction of sp³-hybridized carbons (Fsp3) is 0.929. The zero-order valence-corrected chi connectivity index (χ0v) is 11.3. The Morgan fingerprint density at radius 1 is 1.00 bits per heavy atom. The van der Waals surface area contributed by atoms with Crippen LogP contribution in [0.2, 0.25) is 0 Å². The molecule has 0 spiro atoms. The number of alkyl halides is 3. The van der Waals surface area contributed by atoms with Crippen molar-refractivity contribution in [3.63, 3.8) is 0 Å². The molecule has 0 aromatic carbocycles. The number of hydrogen-bond acceptors (Lipinski definition) is 2. The number of ether oxygens (including phenoxy) is 1. The van der Waals surface area contributed by atoms with Crippen LogP contribution in [0, 0.1) is 0 Å². The number of rotatable bonds is 11. The summed E-state index contributed by atoms with van der Waals surface area (Å²) < 4.78 is 40.7. The van der Waals surface area contributed by atoms with Gasteiger partial charge in [0.2, 0.25) is 0 Å². The van der Waals surface area contributed by atoms with E-state index in [1.54, 1.807) is 0 Å². The van der Waals surface area contributed by atoms with Crippen LogP contribution in [0.1, 0.15) is 64.2 Å². The highest BCUT2D eigenvalue weighted by atomic mass is 19.4. The van der Waals surface area contributed by atoms with Crippen LogP contribution in [0.4, 0.5) is 13.2 Å². The van der Waals surface area contributed by atoms with Crippen molar-refractivity contribution in [2.75, 3.05) is 6.61 Å². The maximum Gasteiger partial charge on any atom is 0.389 e. The summed E-state index contributed by atoms with van der Waals surface area (Å²) in [6, 6.07) is 0. The van der Waals surface area contributed by atoms with Crippen LogP contribution >= 0.6 is 0 Å². The van der Waals surface area contributed by atoms with Crippen molar-refractivity contribution in [1.29, 1.82) is 0 Å². The molecule has 1 fully saturated rings. The van der Waals surface area contributed by atoms with E-state index < -0.39 is 12.6 Å². The summed E-state index contributed by atoms with van der Waals surface area (Å²) in [5.41, 5.74) is 0. The van der Waals surface area contributed by atoms with Gasteiger partial charge in [0.15, 0.2) is 0 Å². The Labute approximate surface area is 112 Å². The molecule has 0 aromatic rings. The number of ketones is 1. The number of Topliss-reactive ketones (excluding diaryl/α,β-unsaturated/α-hetero) is 1. The maximum absolute atomic E-state index is 11.9. The van der Waals surface area contributed by atoms with Crippen LogP contribution in [0.25, 0.3) is 0 Å². The molecule has 2 nitrogen and oxygen atoms in total. The van der Waals surface area contributed by atoms with Crippen LogP contribution in [-0.2, 0) is 9.53 Å². The quantitative estimate of drug-likeness (QED) is 0.414. The van der Waals surface area contributed by atoms with Gasteiger partial charge in [-0.05, 0) is 12.8 Å². The van der Waals surface area contributed by atoms with Crippen LogP contribution in [0.3, 0.4) is 0 Å². The van der Waals surface area contributed by atoms with Crippen molar-refractivity contribution in [2.45, 2.75) is 76.5 Å². The van der Waals surface area contributed by atoms with Gasteiger partial charge in [0.1, 0.15) is 5.78 Å². The molecule has 0 amide bonds. The van der Waals surface area contributed by atoms with Crippen LogP contribution < -0.4 is 0 Å². The van der Waals surface area contributed by atoms with E-state index in [9.17, 15) is 18.0 Å². The summed E-state index contributed by atoms with van der Waals surface area (Å²) in [6.07, 6.45) is 2.66. The molecule has 5 heteroatoms. The lowest BCUT2D eigenvalue weighted by molar-refractivity contribution is -0.143. The summed E-state index contributed by atoms with van der Waals surface area (Å²) in [4.78, 5) is 11.2. The van der Waals surface area contributed by atoms with Crippen LogP contribution in [0.5, 0.6) is 0 Å². The Morgan fingerprint density at radius 2 is 1.58 bits per heavy atom. The minimum atomic E-state index is -4.21. The predicted octanol–water partition coefficient (Wildman–Crippen LogP) is 4.42. The van der Waals surface area contributed by atoms with E-state index in [0.717, 1.165) is 38.7 Å². The Kier molecular flexibility index (Phi) is 7.42. The molecule has 0 bridgehead atoms. The SMILES string of the molecule is O=C(CCCCCCCCC1CO1)CCC(F)(F)F. The maximum atomic E-state index is 11.9. The third-order valence-corrected chi connectivity index (χ3v) is 3.32. The van der Waals surface area contributed by atoms with Crippen molar-refractivity contribution in [3.8, 4) is 0 Å². The molecule has 1 saturated heterocycles. The zero-order valence-electron chi connectivity index (χ0n) is 11.3. The Hall–Kier alpha value is -0.580. The van der Waals surface area contributed by atoms with Crippen LogP contribution in [0.15, 0.2) is 0 Å². The Morgan fingerprint density at radius 3 is 2.16 bits per heavy atom. The zero-order chi connectivity index (χ0) is 14.1. The van der Waals surface area contributed by atoms with Crippen molar-refractivity contribution in [1.82, 2.24) is 0 Å². The number of carbonyl (C=O) groups is 1. The lowest BCUT2D eigenvalue weighted by atomic mass is 10.0. The standard InChI is InChI=1S/C14H23F3O2/c15-14(16,17)10-9-12(18)7-5-3-1-2-4-6-8-13-11-19-13/h13H,1-11H2. The number of hydrogen-bond donors (Lipinski definition) is 0. The molecule has 1 heterocycles. The first-order chi connectivity index (χ1) is 8.97. The second-order valence-electron chi connectivity index (χ2n) is 5.27. The van der Waals surface area contributed by atoms with Gasteiger partial charge in [-0.25, -0.2) is 0 Å². The molecule has 1 rings (SSSR count). The number of unbranched alkanes of at least 4 members (excludes halogenated alkanes) is 5. The molecule has 1 aliphatic rings. The number of carbonyl (C=O) groups excluding carboxylic acids is 1. The van der Waals surface area contributed by atoms with Gasteiger partial charge in [0.25, 0.3) is 0 Å². The lowest BCUT2D eigenvalue weighted by Crippen LogP contribution is -2.10. The number of halogens is 3. The normalized spacial score (nSPS) is 18.6. The number of epoxide rings is 1. The van der Waals surface area contributed by atoms with E-state index >= 15 is 0 Å². The van der Waals surface area contributed by atoms with E-state index in [1.165, 1.54) is 12.8 Å². The van der Waals surface area contributed by atoms with Gasteiger partial charge in [-0.3, -0.25) is 4.79 Å². The van der Waals surface area contributed by atoms with Gasteiger partial charge >= 0.3 is 6.18 Å². The summed E-state index contributed by atoms with van der Waals surface area (Å²) in [7, 11) is 0. The largest absolute Gasteiger partial charge is 0.389 e. The average Bonchev–Trinajstić information content (AvgIpc) is 3.13. The summed E-state index contributed by atoms with van der Waals surface area (Å²) in [5, 5.41) is 0. The first-order valence-corrected chi connectivity index (χ1v) is 7.17. The van der Waals surface area contributed by atoms with Gasteiger partial charge in [0, 0.05) is 12.8 Å². The van der Waals surface area contributed by atoms with E-state index in [2.05, 4.69) is 0 Å². The topological polar surface area (TPSA) is 29.6 Å². The van der Waals surface area contributed by atoms with E-state index in [-0.39, 0.29) is 12.2 Å². The molecule has 1 aliphatic heterocycles. The van der Waals surface area contributed by atoms with Crippen molar-refractivity contribution < 1.29 is 22.7 Å². The highest BCUT2D eigenvalue weighted by molar-refractivity contribution is 5.78. The van der Waals surface area contributed by atoms with Gasteiger partial charge in [-0.15, -0.1) is 0 Å². The summed E-state index contributed by atoms with van der Waals surface area (Å²) in [6.45, 7) is 0.917. The Balaban J connectivity index is 1.80. The summed E-state index contributed by atoms with van der Waals surface area (Å²) in [5.74, 6) is -0.261. The second kappa shape index (κ2) is 8.56. The molecular weight excluding hydrogens is 257 g/mol. The van der Waals surface area contributed by atoms with Gasteiger partial charge in [-0.1, -0.05) is 32.1 Å². The highest BCUT2D eigenvalue weighted by Crippen LogP contribution is 2.22. The van der Waals surface area contributed by atoms with Crippen LogP contribution in [-0.4, -0.2) is 24.7 Å². The van der Waals surface area contributed by atoms with Crippen molar-refractivity contribution in [3.05, 3.63) is 0 Å². The van der Waals surface area contributed by atoms with Gasteiger partial charge in [0.05, 0.1) is 19.1 Å². The first kappa shape index (κ1) is 16.5. The third-order valence-electron chi connectivity index (χ3n) is 3.32. The minimum absolute atomic E-state index is 0.261. The van der Waals surface area contributed by atoms with E-state index in [1.807, 2.05) is 0 Å². The molecule has 19 heavy (non-hydrogen) atoms. The molecular formula is C14H23F3O2. The van der Waals surface area contributed by atoms with Gasteiger partial charge in [-0.2, -0.15) is 13.2 Å². The predicted molar refractivity (Wildman–Crippen MR) is 67.0 cm³/mol. The molecule has 0 aliphatic carbocycles. The third kappa shape index (κ3) is 11.0. The molecule has 0 N–H and O–H groups in total. The van der Waals surface area contributed by atoms with E-state index in [4.69, 9.17) is 4.74 Å². The van der Waals surface area contributed by atoms with E-state index in [0.29, 0.717) is 12.5 Å². The monoisotopic (exact) mass is 280 g/mol. The fourth-order valence-corrected chi connectivity index (χ4v) is 2.04. The first-order valence-electron chi connectivity index (χ1n) is 7.17. The van der Waals surface area contributed by atoms with Crippen molar-refractivity contribution in [2.24, 2.45) is 0 Å². The average molecular weight is 280 g/mol.